The highest BCUT2D eigenvalue weighted by Crippen LogP contribution is 2.21. The van der Waals surface area contributed by atoms with Gasteiger partial charge >= 0.3 is 0 Å². The van der Waals surface area contributed by atoms with E-state index in [0.717, 1.165) is 11.3 Å². The summed E-state index contributed by atoms with van der Waals surface area (Å²) in [5.41, 5.74) is 8.85. The van der Waals surface area contributed by atoms with Crippen LogP contribution in [0.1, 0.15) is 11.1 Å². The Morgan fingerprint density at radius 1 is 1.29 bits per heavy atom. The predicted octanol–water partition coefficient (Wildman–Crippen LogP) is 2.59. The summed E-state index contributed by atoms with van der Waals surface area (Å²) in [6.45, 7) is 1.97. The summed E-state index contributed by atoms with van der Waals surface area (Å²) < 4.78 is 0. The van der Waals surface area contributed by atoms with Crippen LogP contribution in [0.4, 0.5) is 17.2 Å². The molecule has 0 unspecified atom stereocenters. The number of nitriles is 1. The molecule has 1 aromatic carbocycles. The van der Waals surface area contributed by atoms with Crippen LogP contribution in [0.2, 0.25) is 0 Å². The maximum absolute atomic E-state index is 8.85. The maximum atomic E-state index is 8.85. The van der Waals surface area contributed by atoms with E-state index < -0.39 is 0 Å². The fraction of sp³-hybridized carbons (Fsp3) is 0.0769. The van der Waals surface area contributed by atoms with Gasteiger partial charge in [0.05, 0.1) is 11.6 Å². The van der Waals surface area contributed by atoms with Gasteiger partial charge in [-0.25, -0.2) is 4.98 Å². The van der Waals surface area contributed by atoms with Crippen LogP contribution in [0.25, 0.3) is 0 Å². The summed E-state index contributed by atoms with van der Waals surface area (Å²) >= 11 is 0. The van der Waals surface area contributed by atoms with E-state index in [-0.39, 0.29) is 0 Å². The number of rotatable bonds is 2. The number of hydrogen-bond donors (Lipinski definition) is 2. The van der Waals surface area contributed by atoms with Crippen LogP contribution in [-0.4, -0.2) is 4.98 Å². The predicted molar refractivity (Wildman–Crippen MR) is 67.8 cm³/mol. The van der Waals surface area contributed by atoms with Crippen molar-refractivity contribution < 1.29 is 0 Å². The van der Waals surface area contributed by atoms with Crippen molar-refractivity contribution in [2.45, 2.75) is 6.92 Å². The summed E-state index contributed by atoms with van der Waals surface area (Å²) in [6.07, 6.45) is 1.64. The molecule has 0 amide bonds. The number of anilines is 3. The molecular formula is C13H12N4. The number of nitrogens with two attached hydrogens (primary N) is 1. The van der Waals surface area contributed by atoms with E-state index in [9.17, 15) is 0 Å². The highest BCUT2D eigenvalue weighted by Gasteiger charge is 2.02. The van der Waals surface area contributed by atoms with E-state index in [2.05, 4.69) is 16.4 Å². The van der Waals surface area contributed by atoms with Crippen LogP contribution in [0.3, 0.4) is 0 Å². The van der Waals surface area contributed by atoms with E-state index in [0.29, 0.717) is 17.1 Å². The van der Waals surface area contributed by atoms with Crippen LogP contribution in [0.5, 0.6) is 0 Å². The van der Waals surface area contributed by atoms with E-state index in [4.69, 9.17) is 11.0 Å². The molecule has 0 saturated carbocycles. The normalized spacial score (nSPS) is 9.65. The third-order valence-corrected chi connectivity index (χ3v) is 2.41. The lowest BCUT2D eigenvalue weighted by Crippen LogP contribution is -1.97. The highest BCUT2D eigenvalue weighted by atomic mass is 15.0. The van der Waals surface area contributed by atoms with Gasteiger partial charge in [-0.05, 0) is 30.7 Å². The Bertz CT molecular complexity index is 584. The summed E-state index contributed by atoms with van der Waals surface area (Å²) in [6, 6.07) is 11.1. The summed E-state index contributed by atoms with van der Waals surface area (Å²) in [5.74, 6) is 0.670. The van der Waals surface area contributed by atoms with Crippen molar-refractivity contribution >= 4 is 17.2 Å². The Balaban J connectivity index is 2.33. The monoisotopic (exact) mass is 224 g/mol. The fourth-order valence-corrected chi connectivity index (χ4v) is 1.48. The van der Waals surface area contributed by atoms with Crippen molar-refractivity contribution in [2.24, 2.45) is 0 Å². The lowest BCUT2D eigenvalue weighted by molar-refractivity contribution is 1.29. The molecule has 0 radical (unpaired) electrons. The van der Waals surface area contributed by atoms with Gasteiger partial charge in [-0.3, -0.25) is 0 Å². The Hall–Kier alpha value is -2.54. The summed E-state index contributed by atoms with van der Waals surface area (Å²) in [5, 5.41) is 12.0. The molecule has 0 spiro atoms. The number of pyridine rings is 1. The summed E-state index contributed by atoms with van der Waals surface area (Å²) in [4.78, 5) is 4.16. The second-order valence-electron chi connectivity index (χ2n) is 3.74. The van der Waals surface area contributed by atoms with Gasteiger partial charge in [-0.1, -0.05) is 6.07 Å². The number of hydrogen-bond acceptors (Lipinski definition) is 4. The first-order chi connectivity index (χ1) is 8.19. The van der Waals surface area contributed by atoms with Gasteiger partial charge in [0.25, 0.3) is 0 Å². The molecule has 3 N–H and O–H groups in total. The minimum absolute atomic E-state index is 0.613. The smallest absolute Gasteiger partial charge is 0.132 e. The number of aryl methyl sites for hydroxylation is 1. The molecule has 1 heterocycles. The molecule has 0 aliphatic heterocycles. The average molecular weight is 224 g/mol. The van der Waals surface area contributed by atoms with Crippen LogP contribution in [0.15, 0.2) is 36.5 Å². The molecule has 84 valence electrons. The Morgan fingerprint density at radius 3 is 2.82 bits per heavy atom. The zero-order valence-corrected chi connectivity index (χ0v) is 9.44. The second-order valence-corrected chi connectivity index (χ2v) is 3.74. The van der Waals surface area contributed by atoms with Crippen LogP contribution < -0.4 is 11.1 Å². The molecule has 0 fully saturated rings. The number of benzene rings is 1. The van der Waals surface area contributed by atoms with Crippen molar-refractivity contribution in [3.8, 4) is 6.07 Å². The first-order valence-corrected chi connectivity index (χ1v) is 5.18. The molecular weight excluding hydrogens is 212 g/mol. The van der Waals surface area contributed by atoms with Crippen molar-refractivity contribution in [3.63, 3.8) is 0 Å². The van der Waals surface area contributed by atoms with Gasteiger partial charge in [-0.2, -0.15) is 5.26 Å². The second kappa shape index (κ2) is 4.54. The average Bonchev–Trinajstić information content (AvgIpc) is 2.32. The molecule has 0 aliphatic carbocycles. The van der Waals surface area contributed by atoms with Gasteiger partial charge in [0.15, 0.2) is 0 Å². The molecule has 2 rings (SSSR count). The first-order valence-electron chi connectivity index (χ1n) is 5.18. The van der Waals surface area contributed by atoms with Gasteiger partial charge < -0.3 is 11.1 Å². The number of nitrogen functional groups attached to an aromatic ring is 1. The van der Waals surface area contributed by atoms with Gasteiger partial charge in [0, 0.05) is 23.6 Å². The van der Waals surface area contributed by atoms with Crippen molar-refractivity contribution in [1.82, 2.24) is 4.98 Å². The van der Waals surface area contributed by atoms with Gasteiger partial charge in [0.2, 0.25) is 0 Å². The number of nitrogens with one attached hydrogen (secondary N) is 1. The third-order valence-electron chi connectivity index (χ3n) is 2.41. The molecule has 1 aromatic heterocycles. The quantitative estimate of drug-likeness (QED) is 0.822. The largest absolute Gasteiger partial charge is 0.399 e. The molecule has 0 saturated heterocycles. The topological polar surface area (TPSA) is 74.7 Å². The lowest BCUT2D eigenvalue weighted by Gasteiger charge is -2.09. The Morgan fingerprint density at radius 2 is 2.12 bits per heavy atom. The molecule has 4 nitrogen and oxygen atoms in total. The first kappa shape index (κ1) is 11.0. The third kappa shape index (κ3) is 2.52. The number of aromatic nitrogens is 1. The molecule has 0 aliphatic rings. The maximum Gasteiger partial charge on any atom is 0.132 e. The van der Waals surface area contributed by atoms with E-state index in [1.54, 1.807) is 30.5 Å². The van der Waals surface area contributed by atoms with Crippen LogP contribution >= 0.6 is 0 Å². The molecule has 0 atom stereocenters. The molecule has 2 aromatic rings. The SMILES string of the molecule is Cc1ccc(C#N)cc1Nc1cc(N)ccn1. The van der Waals surface area contributed by atoms with Gasteiger partial charge in [0.1, 0.15) is 5.82 Å². The van der Waals surface area contributed by atoms with E-state index >= 15 is 0 Å². The Labute approximate surface area is 99.7 Å². The van der Waals surface area contributed by atoms with E-state index in [1.165, 1.54) is 0 Å². The highest BCUT2D eigenvalue weighted by molar-refractivity contribution is 5.64. The summed E-state index contributed by atoms with van der Waals surface area (Å²) in [7, 11) is 0. The van der Waals surface area contributed by atoms with Crippen molar-refractivity contribution in [1.29, 1.82) is 5.26 Å². The van der Waals surface area contributed by atoms with E-state index in [1.807, 2.05) is 13.0 Å². The Kier molecular flexibility index (Phi) is 2.93. The number of nitrogens with zero attached hydrogens (tertiary/aromatic N) is 2. The molecule has 17 heavy (non-hydrogen) atoms. The van der Waals surface area contributed by atoms with Crippen molar-refractivity contribution in [2.75, 3.05) is 11.1 Å². The minimum Gasteiger partial charge on any atom is -0.399 e. The van der Waals surface area contributed by atoms with Crippen molar-refractivity contribution in [3.05, 3.63) is 47.7 Å². The zero-order chi connectivity index (χ0) is 12.3. The lowest BCUT2D eigenvalue weighted by atomic mass is 10.1. The van der Waals surface area contributed by atoms with Gasteiger partial charge in [-0.15, -0.1) is 0 Å². The fourth-order valence-electron chi connectivity index (χ4n) is 1.48. The standard InChI is InChI=1S/C13H12N4/c1-9-2-3-10(8-14)6-12(9)17-13-7-11(15)4-5-16-13/h2-7H,1H3,(H3,15,16,17). The minimum atomic E-state index is 0.613. The zero-order valence-electron chi connectivity index (χ0n) is 9.44. The molecule has 0 bridgehead atoms. The van der Waals surface area contributed by atoms with Crippen LogP contribution in [0, 0.1) is 18.3 Å². The molecule has 4 heteroatoms. The van der Waals surface area contributed by atoms with Crippen LogP contribution in [-0.2, 0) is 0 Å².